The van der Waals surface area contributed by atoms with Crippen LogP contribution in [0.3, 0.4) is 0 Å². The number of nitro benzene ring substituents is 1. The molecule has 4 N–H and O–H groups in total. The second-order valence-electron chi connectivity index (χ2n) is 7.67. The molecule has 13 nitrogen and oxygen atoms in total. The van der Waals surface area contributed by atoms with Gasteiger partial charge in [-0.2, -0.15) is 10.2 Å². The van der Waals surface area contributed by atoms with Gasteiger partial charge in [-0.25, -0.2) is 10.9 Å². The molecule has 0 heterocycles. The van der Waals surface area contributed by atoms with E-state index in [0.717, 1.165) is 0 Å². The van der Waals surface area contributed by atoms with Gasteiger partial charge in [-0.1, -0.05) is 0 Å². The number of nitrogens with one attached hydrogen (secondary N) is 2. The predicted octanol–water partition coefficient (Wildman–Crippen LogP) is 2.71. The SMILES string of the molecule is COc1cc(/C=N/NC(=O)C(=Cc2ccc([N+](=O)[O-])cc2)C(=O)N/N=C/c2ccc(O)c(OC)c2)ccc1O. The fourth-order valence-corrected chi connectivity index (χ4v) is 3.09. The van der Waals surface area contributed by atoms with Gasteiger partial charge in [0.2, 0.25) is 0 Å². The summed E-state index contributed by atoms with van der Waals surface area (Å²) < 4.78 is 10.0. The molecule has 0 aromatic heterocycles. The Bertz CT molecular complexity index is 1390. The Morgan fingerprint density at radius 1 is 0.795 bits per heavy atom. The maximum atomic E-state index is 12.9. The molecule has 0 unspecified atom stereocenters. The average Bonchev–Trinajstić information content (AvgIpc) is 2.93. The molecule has 2 amide bonds. The first kappa shape index (κ1) is 27.9. The number of nitrogens with zero attached hydrogens (tertiary/aromatic N) is 3. The second kappa shape index (κ2) is 13.0. The molecular weight excluding hydrogens is 510 g/mol. The van der Waals surface area contributed by atoms with E-state index in [1.165, 1.54) is 93.4 Å². The summed E-state index contributed by atoms with van der Waals surface area (Å²) in [4.78, 5) is 36.1. The topological polar surface area (TPSA) is 185 Å². The average molecular weight is 533 g/mol. The van der Waals surface area contributed by atoms with Crippen LogP contribution in [-0.4, -0.2) is 53.6 Å². The zero-order valence-corrected chi connectivity index (χ0v) is 20.7. The second-order valence-corrected chi connectivity index (χ2v) is 7.67. The van der Waals surface area contributed by atoms with Crippen molar-refractivity contribution in [2.24, 2.45) is 10.2 Å². The van der Waals surface area contributed by atoms with Crippen molar-refractivity contribution >= 4 is 36.0 Å². The van der Waals surface area contributed by atoms with E-state index in [0.29, 0.717) is 16.7 Å². The molecule has 39 heavy (non-hydrogen) atoms. The standard InChI is InChI=1S/C26H23N5O8/c1-38-23-12-17(5-9-21(23)32)14-27-29-25(34)20(11-16-3-7-19(8-4-16)31(36)37)26(35)30-28-15-18-6-10-22(33)24(13-18)39-2/h3-15,32-33H,1-2H3,(H,29,34)(H,30,35)/b27-14+,28-15+. The van der Waals surface area contributed by atoms with Crippen molar-refractivity contribution in [2.75, 3.05) is 14.2 Å². The van der Waals surface area contributed by atoms with Gasteiger partial charge in [0.25, 0.3) is 17.5 Å². The van der Waals surface area contributed by atoms with Crippen molar-refractivity contribution in [2.45, 2.75) is 0 Å². The van der Waals surface area contributed by atoms with Crippen LogP contribution in [-0.2, 0) is 9.59 Å². The number of phenolic OH excluding ortho intramolecular Hbond substituents is 2. The fourth-order valence-electron chi connectivity index (χ4n) is 3.09. The number of nitro groups is 1. The summed E-state index contributed by atoms with van der Waals surface area (Å²) >= 11 is 0. The monoisotopic (exact) mass is 533 g/mol. The smallest absolute Gasteiger partial charge is 0.277 e. The minimum atomic E-state index is -0.894. The van der Waals surface area contributed by atoms with Crippen LogP contribution in [0.5, 0.6) is 23.0 Å². The van der Waals surface area contributed by atoms with E-state index in [-0.39, 0.29) is 28.7 Å². The van der Waals surface area contributed by atoms with Gasteiger partial charge in [0.05, 0.1) is 31.6 Å². The van der Waals surface area contributed by atoms with E-state index < -0.39 is 22.3 Å². The van der Waals surface area contributed by atoms with E-state index in [1.54, 1.807) is 0 Å². The Morgan fingerprint density at radius 2 is 1.23 bits per heavy atom. The van der Waals surface area contributed by atoms with Crippen molar-refractivity contribution in [3.63, 3.8) is 0 Å². The van der Waals surface area contributed by atoms with E-state index in [2.05, 4.69) is 21.1 Å². The molecular formula is C26H23N5O8. The first-order valence-corrected chi connectivity index (χ1v) is 11.1. The summed E-state index contributed by atoms with van der Waals surface area (Å²) in [6.07, 6.45) is 3.77. The number of ether oxygens (including phenoxy) is 2. The number of non-ortho nitro benzene ring substituents is 1. The normalized spacial score (nSPS) is 10.7. The number of rotatable bonds is 10. The largest absolute Gasteiger partial charge is 0.504 e. The lowest BCUT2D eigenvalue weighted by Crippen LogP contribution is -2.30. The Hall–Kier alpha value is -5.72. The lowest BCUT2D eigenvalue weighted by molar-refractivity contribution is -0.384. The molecule has 0 aliphatic heterocycles. The number of methoxy groups -OCH3 is 2. The van der Waals surface area contributed by atoms with E-state index in [1.807, 2.05) is 0 Å². The van der Waals surface area contributed by atoms with E-state index >= 15 is 0 Å². The Kier molecular flexibility index (Phi) is 9.29. The predicted molar refractivity (Wildman–Crippen MR) is 142 cm³/mol. The first-order valence-electron chi connectivity index (χ1n) is 11.1. The number of amides is 2. The van der Waals surface area contributed by atoms with Crippen LogP contribution in [0.4, 0.5) is 5.69 Å². The Balaban J connectivity index is 1.81. The number of aromatic hydroxyl groups is 2. The van der Waals surface area contributed by atoms with Crippen LogP contribution < -0.4 is 20.3 Å². The van der Waals surface area contributed by atoms with Gasteiger partial charge in [0.15, 0.2) is 23.0 Å². The molecule has 3 rings (SSSR count). The van der Waals surface area contributed by atoms with Crippen LogP contribution >= 0.6 is 0 Å². The highest BCUT2D eigenvalue weighted by Gasteiger charge is 2.18. The molecule has 0 bridgehead atoms. The molecule has 0 aliphatic rings. The van der Waals surface area contributed by atoms with Crippen molar-refractivity contribution in [3.8, 4) is 23.0 Å². The number of carbonyl (C=O) groups excluding carboxylic acids is 2. The van der Waals surface area contributed by atoms with Gasteiger partial charge in [0.1, 0.15) is 5.57 Å². The number of hydrazone groups is 2. The van der Waals surface area contributed by atoms with E-state index in [9.17, 15) is 29.9 Å². The molecule has 200 valence electrons. The number of hydrogen-bond donors (Lipinski definition) is 4. The molecule has 0 saturated carbocycles. The zero-order chi connectivity index (χ0) is 28.4. The number of phenols is 2. The number of carbonyl (C=O) groups is 2. The lowest BCUT2D eigenvalue weighted by Gasteiger charge is -2.06. The van der Waals surface area contributed by atoms with Gasteiger partial charge in [-0.15, -0.1) is 0 Å². The van der Waals surface area contributed by atoms with Crippen LogP contribution in [0, 0.1) is 10.1 Å². The van der Waals surface area contributed by atoms with Crippen molar-refractivity contribution in [1.29, 1.82) is 0 Å². The maximum absolute atomic E-state index is 12.9. The molecule has 0 atom stereocenters. The summed E-state index contributed by atoms with van der Waals surface area (Å²) in [5.41, 5.74) is 5.23. The quantitative estimate of drug-likeness (QED) is 0.0765. The molecule has 13 heteroatoms. The summed E-state index contributed by atoms with van der Waals surface area (Å²) in [5, 5.41) is 38.0. The van der Waals surface area contributed by atoms with Crippen molar-refractivity contribution in [1.82, 2.24) is 10.9 Å². The van der Waals surface area contributed by atoms with Crippen molar-refractivity contribution in [3.05, 3.63) is 93.0 Å². The van der Waals surface area contributed by atoms with Gasteiger partial charge >= 0.3 is 0 Å². The van der Waals surface area contributed by atoms with Gasteiger partial charge in [0, 0.05) is 12.1 Å². The molecule has 0 fully saturated rings. The van der Waals surface area contributed by atoms with Gasteiger partial charge in [-0.05, 0) is 71.3 Å². The third kappa shape index (κ3) is 7.63. The third-order valence-corrected chi connectivity index (χ3v) is 5.07. The molecule has 0 radical (unpaired) electrons. The molecule has 0 spiro atoms. The summed E-state index contributed by atoms with van der Waals surface area (Å²) in [6.45, 7) is 0. The van der Waals surface area contributed by atoms with Crippen LogP contribution in [0.15, 0.2) is 76.4 Å². The minimum absolute atomic E-state index is 0.0741. The van der Waals surface area contributed by atoms with Gasteiger partial charge in [-0.3, -0.25) is 19.7 Å². The highest BCUT2D eigenvalue weighted by Crippen LogP contribution is 2.26. The molecule has 3 aromatic carbocycles. The van der Waals surface area contributed by atoms with Gasteiger partial charge < -0.3 is 19.7 Å². The van der Waals surface area contributed by atoms with Crippen molar-refractivity contribution < 1.29 is 34.2 Å². The number of benzene rings is 3. The van der Waals surface area contributed by atoms with Crippen LogP contribution in [0.25, 0.3) is 6.08 Å². The zero-order valence-electron chi connectivity index (χ0n) is 20.7. The highest BCUT2D eigenvalue weighted by atomic mass is 16.6. The molecule has 0 aliphatic carbocycles. The summed E-state index contributed by atoms with van der Waals surface area (Å²) in [5.74, 6) is -1.53. The third-order valence-electron chi connectivity index (χ3n) is 5.07. The van der Waals surface area contributed by atoms with Crippen LogP contribution in [0.2, 0.25) is 0 Å². The Labute approximate surface area is 221 Å². The molecule has 0 saturated heterocycles. The highest BCUT2D eigenvalue weighted by molar-refractivity contribution is 6.21. The Morgan fingerprint density at radius 3 is 1.64 bits per heavy atom. The first-order chi connectivity index (χ1) is 18.7. The minimum Gasteiger partial charge on any atom is -0.504 e. The number of hydrogen-bond acceptors (Lipinski definition) is 10. The van der Waals surface area contributed by atoms with E-state index in [4.69, 9.17) is 9.47 Å². The maximum Gasteiger partial charge on any atom is 0.277 e. The molecule has 3 aromatic rings. The van der Waals surface area contributed by atoms with Crippen LogP contribution in [0.1, 0.15) is 16.7 Å². The fraction of sp³-hybridized carbons (Fsp3) is 0.0769. The summed E-state index contributed by atoms with van der Waals surface area (Å²) in [6, 6.07) is 14.0. The summed E-state index contributed by atoms with van der Waals surface area (Å²) in [7, 11) is 2.76. The lowest BCUT2D eigenvalue weighted by atomic mass is 10.1.